The molecule has 10 rings (SSSR count). The van der Waals surface area contributed by atoms with Gasteiger partial charge in [0, 0.05) is 55.9 Å². The van der Waals surface area contributed by atoms with Crippen LogP contribution in [0.15, 0.2) is 109 Å². The summed E-state index contributed by atoms with van der Waals surface area (Å²) < 4.78 is 13.9. The molecule has 0 unspecified atom stereocenters. The molecule has 0 radical (unpaired) electrons. The first-order valence-electron chi connectivity index (χ1n) is 30.9. The first-order valence-corrected chi connectivity index (χ1v) is 30.9. The third kappa shape index (κ3) is 19.0. The van der Waals surface area contributed by atoms with Crippen LogP contribution in [0.25, 0.3) is 45.6 Å². The molecule has 4 aromatic carbocycles. The average molecular weight is 1280 g/mol. The van der Waals surface area contributed by atoms with E-state index in [0.29, 0.717) is 72.8 Å². The van der Waals surface area contributed by atoms with Crippen LogP contribution in [0.2, 0.25) is 0 Å². The quantitative estimate of drug-likeness (QED) is 0.0687. The van der Waals surface area contributed by atoms with Gasteiger partial charge in [-0.2, -0.15) is 15.0 Å². The van der Waals surface area contributed by atoms with Crippen molar-refractivity contribution in [3.63, 3.8) is 0 Å². The van der Waals surface area contributed by atoms with Gasteiger partial charge in [0.05, 0.1) is 54.3 Å². The number of carbonyl (C=O) groups excluding carboxylic acids is 2. The third-order valence-electron chi connectivity index (χ3n) is 15.5. The summed E-state index contributed by atoms with van der Waals surface area (Å²) >= 11 is 0. The molecule has 0 bridgehead atoms. The van der Waals surface area contributed by atoms with E-state index in [2.05, 4.69) is 102 Å². The van der Waals surface area contributed by atoms with Crippen molar-refractivity contribution in [1.82, 2.24) is 121 Å². The molecule has 492 valence electrons. The summed E-state index contributed by atoms with van der Waals surface area (Å²) in [5.41, 5.74) is 7.27. The Hall–Kier alpha value is -10.2. The summed E-state index contributed by atoms with van der Waals surface area (Å²) in [5, 5.41) is 80.3. The van der Waals surface area contributed by atoms with Gasteiger partial charge in [0.15, 0.2) is 23.3 Å². The Balaban J connectivity index is 0.000000178. The Morgan fingerprint density at radius 1 is 0.447 bits per heavy atom. The Bertz CT molecular complexity index is 3850. The van der Waals surface area contributed by atoms with Crippen molar-refractivity contribution < 1.29 is 19.1 Å². The van der Waals surface area contributed by atoms with Crippen molar-refractivity contribution in [3.8, 4) is 45.6 Å². The van der Waals surface area contributed by atoms with Gasteiger partial charge >= 0.3 is 0 Å². The standard InChI is InChI=1S/2C17H21N7O.2C16H21N5O/c1-5-24-10-15(20-23-24)11-25-17(3,4)14-8-6-13(7-9-14)16-21-18-12(2)19-22-16;1-5-24-18-10-15(23-24)11-25-17(3,4)14-8-6-13(7-9-14)16-21-19-12(2)20-22-16;1-6-21(5)15(22)16(3,4)13-9-7-12(8-10-13)14-19-17-11(2)18-20-14;1-6-14(22)21(5)16(3,4)13-9-7-12(8-10-13)15-19-17-11(2)18-20-15/h2*6-10H,5,11H2,1-4H3;2*7-10H,6H2,1-5H3. The summed E-state index contributed by atoms with van der Waals surface area (Å²) in [6.07, 6.45) is 4.12. The third-order valence-corrected chi connectivity index (χ3v) is 15.5. The molecular formula is C66H84N24O4. The van der Waals surface area contributed by atoms with E-state index in [1.807, 2.05) is 200 Å². The highest BCUT2D eigenvalue weighted by atomic mass is 16.5. The molecule has 0 atom stereocenters. The molecule has 0 N–H and O–H groups in total. The molecule has 10 aromatic rings. The summed E-state index contributed by atoms with van der Waals surface area (Å²) in [4.78, 5) is 29.6. The number of benzene rings is 4. The maximum absolute atomic E-state index is 12.5. The van der Waals surface area contributed by atoms with Crippen molar-refractivity contribution in [2.45, 2.75) is 166 Å². The predicted octanol–water partition coefficient (Wildman–Crippen LogP) is 8.95. The number of nitrogens with zero attached hydrogens (tertiary/aromatic N) is 24. The van der Waals surface area contributed by atoms with E-state index in [9.17, 15) is 9.59 Å². The highest BCUT2D eigenvalue weighted by Crippen LogP contribution is 2.32. The molecule has 0 saturated carbocycles. The van der Waals surface area contributed by atoms with Gasteiger partial charge in [-0.05, 0) is 126 Å². The van der Waals surface area contributed by atoms with Crippen LogP contribution in [0.4, 0.5) is 0 Å². The first kappa shape index (κ1) is 71.2. The molecular weight excluding hydrogens is 1190 g/mol. The van der Waals surface area contributed by atoms with Crippen LogP contribution < -0.4 is 0 Å². The van der Waals surface area contributed by atoms with Gasteiger partial charge in [-0.1, -0.05) is 109 Å². The lowest BCUT2D eigenvalue weighted by Gasteiger charge is -2.36. The van der Waals surface area contributed by atoms with Crippen molar-refractivity contribution in [3.05, 3.63) is 166 Å². The fourth-order valence-corrected chi connectivity index (χ4v) is 8.96. The number of amides is 2. The molecule has 0 aliphatic rings. The van der Waals surface area contributed by atoms with Crippen LogP contribution >= 0.6 is 0 Å². The summed E-state index contributed by atoms with van der Waals surface area (Å²) in [6.45, 7) is 33.9. The van der Waals surface area contributed by atoms with Crippen LogP contribution in [0.5, 0.6) is 0 Å². The number of hydrogen-bond donors (Lipinski definition) is 0. The fourth-order valence-electron chi connectivity index (χ4n) is 8.96. The molecule has 6 heterocycles. The molecule has 28 nitrogen and oxygen atoms in total. The zero-order chi connectivity index (χ0) is 68.4. The Kier molecular flexibility index (Phi) is 24.2. The summed E-state index contributed by atoms with van der Waals surface area (Å²) in [7, 11) is 3.65. The molecule has 28 heteroatoms. The van der Waals surface area contributed by atoms with Gasteiger partial charge in [0.1, 0.15) is 11.4 Å². The number of likely N-dealkylation sites (N-methyl/N-ethyl adjacent to an activating group) is 1. The van der Waals surface area contributed by atoms with Crippen molar-refractivity contribution in [1.29, 1.82) is 0 Å². The van der Waals surface area contributed by atoms with Gasteiger partial charge in [0.2, 0.25) is 35.1 Å². The minimum atomic E-state index is -0.575. The van der Waals surface area contributed by atoms with Gasteiger partial charge < -0.3 is 19.3 Å². The van der Waals surface area contributed by atoms with E-state index in [1.165, 1.54) is 0 Å². The lowest BCUT2D eigenvalue weighted by Crippen LogP contribution is -2.42. The van der Waals surface area contributed by atoms with Crippen LogP contribution in [-0.2, 0) is 67.5 Å². The monoisotopic (exact) mass is 1280 g/mol. The normalized spacial score (nSPS) is 11.5. The first-order chi connectivity index (χ1) is 44.7. The highest BCUT2D eigenvalue weighted by Gasteiger charge is 2.32. The van der Waals surface area contributed by atoms with Gasteiger partial charge in [-0.15, -0.1) is 86.7 Å². The molecule has 2 amide bonds. The van der Waals surface area contributed by atoms with Crippen LogP contribution in [-0.4, -0.2) is 154 Å². The summed E-state index contributed by atoms with van der Waals surface area (Å²) in [5.74, 6) is 4.38. The molecule has 6 aromatic heterocycles. The van der Waals surface area contributed by atoms with E-state index in [1.54, 1.807) is 53.2 Å². The number of ether oxygens (including phenoxy) is 2. The van der Waals surface area contributed by atoms with E-state index < -0.39 is 16.6 Å². The molecule has 0 spiro atoms. The van der Waals surface area contributed by atoms with E-state index in [0.717, 1.165) is 69.0 Å². The van der Waals surface area contributed by atoms with Crippen LogP contribution in [0.3, 0.4) is 0 Å². The minimum Gasteiger partial charge on any atom is -0.364 e. The smallest absolute Gasteiger partial charge is 0.232 e. The molecule has 0 aliphatic heterocycles. The Morgan fingerprint density at radius 3 is 1.12 bits per heavy atom. The topological polar surface area (TPSA) is 327 Å². The highest BCUT2D eigenvalue weighted by molar-refractivity contribution is 5.87. The van der Waals surface area contributed by atoms with E-state index in [-0.39, 0.29) is 17.4 Å². The van der Waals surface area contributed by atoms with E-state index in [4.69, 9.17) is 9.47 Å². The zero-order valence-electron chi connectivity index (χ0n) is 57.0. The Labute approximate surface area is 548 Å². The molecule has 0 fully saturated rings. The number of rotatable bonds is 20. The lowest BCUT2D eigenvalue weighted by molar-refractivity contribution is -0.135. The van der Waals surface area contributed by atoms with Crippen molar-refractivity contribution in [2.75, 3.05) is 20.6 Å². The molecule has 94 heavy (non-hydrogen) atoms. The Morgan fingerprint density at radius 2 is 0.798 bits per heavy atom. The van der Waals surface area contributed by atoms with Gasteiger partial charge in [0.25, 0.3) is 0 Å². The fraction of sp³-hybridized carbons (Fsp3) is 0.424. The maximum Gasteiger partial charge on any atom is 0.232 e. The average Bonchev–Trinajstić information content (AvgIpc) is 0.997. The largest absolute Gasteiger partial charge is 0.364 e. The second-order valence-electron chi connectivity index (χ2n) is 23.9. The number of carbonyl (C=O) groups is 2. The zero-order valence-corrected chi connectivity index (χ0v) is 57.0. The number of aromatic nitrogens is 22. The second kappa shape index (κ2) is 31.9. The maximum atomic E-state index is 12.5. The summed E-state index contributed by atoms with van der Waals surface area (Å²) in [6, 6.07) is 31.3. The van der Waals surface area contributed by atoms with Gasteiger partial charge in [-0.3, -0.25) is 14.3 Å². The lowest BCUT2D eigenvalue weighted by atomic mass is 9.83. The van der Waals surface area contributed by atoms with Crippen LogP contribution in [0, 0.1) is 27.7 Å². The predicted molar refractivity (Wildman–Crippen MR) is 351 cm³/mol. The number of hydrogen-bond acceptors (Lipinski definition) is 24. The number of aryl methyl sites for hydroxylation is 6. The minimum absolute atomic E-state index is 0.0951. The van der Waals surface area contributed by atoms with Crippen LogP contribution in [0.1, 0.15) is 146 Å². The SMILES string of the molecule is CCC(=O)N(C)C(C)(C)c1ccc(-c2nnc(C)nn2)cc1.CCN(C)C(=O)C(C)(C)c1ccc(-c2nnc(C)nn2)cc1.CCn1cc(COC(C)(C)c2ccc(-c3nnc(C)nn3)cc2)nn1.CCn1ncc(COC(C)(C)c2ccc(-c3nnc(C)nn3)cc2)n1. The molecule has 0 saturated heterocycles. The van der Waals surface area contributed by atoms with Crippen molar-refractivity contribution >= 4 is 11.8 Å². The van der Waals surface area contributed by atoms with E-state index >= 15 is 0 Å². The molecule has 0 aliphatic carbocycles. The second-order valence-corrected chi connectivity index (χ2v) is 23.9. The van der Waals surface area contributed by atoms with Gasteiger partial charge in [-0.25, -0.2) is 0 Å². The van der Waals surface area contributed by atoms with Crippen molar-refractivity contribution in [2.24, 2.45) is 0 Å².